The Kier molecular flexibility index (Phi) is 5.63. The molecule has 0 bridgehead atoms. The quantitative estimate of drug-likeness (QED) is 0.749. The number of aromatic nitrogens is 1. The van der Waals surface area contributed by atoms with Crippen LogP contribution >= 0.6 is 11.3 Å². The Balaban J connectivity index is 1.93. The first kappa shape index (κ1) is 16.7. The van der Waals surface area contributed by atoms with E-state index >= 15 is 0 Å². The Labute approximate surface area is 132 Å². The predicted octanol–water partition coefficient (Wildman–Crippen LogP) is 3.02. The standard InChI is InChI=1S/C16H29N3OS/c1-16(2,3)14-13(10-17-4)21-15(18-14)19(5)8-9-20-11-12-6-7-12/h12,17H,6-11H2,1-5H3. The van der Waals surface area contributed by atoms with Crippen LogP contribution in [-0.4, -0.2) is 38.8 Å². The van der Waals surface area contributed by atoms with Gasteiger partial charge in [-0.25, -0.2) is 4.98 Å². The molecule has 4 nitrogen and oxygen atoms in total. The summed E-state index contributed by atoms with van der Waals surface area (Å²) in [5, 5.41) is 4.35. The van der Waals surface area contributed by atoms with Crippen molar-refractivity contribution in [2.24, 2.45) is 5.92 Å². The summed E-state index contributed by atoms with van der Waals surface area (Å²) < 4.78 is 5.72. The fraction of sp³-hybridized carbons (Fsp3) is 0.812. The minimum atomic E-state index is 0.0875. The van der Waals surface area contributed by atoms with Crippen molar-refractivity contribution >= 4 is 16.5 Å². The molecule has 0 aliphatic heterocycles. The zero-order valence-corrected chi connectivity index (χ0v) is 14.8. The Morgan fingerprint density at radius 2 is 2.10 bits per heavy atom. The van der Waals surface area contributed by atoms with Gasteiger partial charge >= 0.3 is 0 Å². The molecule has 1 aliphatic carbocycles. The van der Waals surface area contributed by atoms with Gasteiger partial charge in [-0.1, -0.05) is 20.8 Å². The number of rotatable bonds is 8. The van der Waals surface area contributed by atoms with Crippen molar-refractivity contribution in [3.05, 3.63) is 10.6 Å². The van der Waals surface area contributed by atoms with E-state index in [0.29, 0.717) is 0 Å². The van der Waals surface area contributed by atoms with E-state index in [1.54, 1.807) is 11.3 Å². The highest BCUT2D eigenvalue weighted by Crippen LogP contribution is 2.33. The van der Waals surface area contributed by atoms with Crippen molar-refractivity contribution in [1.29, 1.82) is 0 Å². The maximum Gasteiger partial charge on any atom is 0.185 e. The molecular formula is C16H29N3OS. The first-order valence-corrected chi connectivity index (χ1v) is 8.67. The number of nitrogens with zero attached hydrogens (tertiary/aromatic N) is 2. The summed E-state index contributed by atoms with van der Waals surface area (Å²) in [6, 6.07) is 0. The van der Waals surface area contributed by atoms with Crippen molar-refractivity contribution in [3.63, 3.8) is 0 Å². The zero-order chi connectivity index (χ0) is 15.5. The van der Waals surface area contributed by atoms with Gasteiger partial charge in [-0.3, -0.25) is 0 Å². The second-order valence-electron chi connectivity index (χ2n) is 6.99. The number of nitrogens with one attached hydrogen (secondary N) is 1. The molecule has 0 spiro atoms. The number of hydrogen-bond acceptors (Lipinski definition) is 5. The summed E-state index contributed by atoms with van der Waals surface area (Å²) in [6.45, 7) is 10.2. The van der Waals surface area contributed by atoms with E-state index in [1.165, 1.54) is 23.4 Å². The van der Waals surface area contributed by atoms with Crippen LogP contribution < -0.4 is 10.2 Å². The smallest absolute Gasteiger partial charge is 0.185 e. The number of likely N-dealkylation sites (N-methyl/N-ethyl adjacent to an activating group) is 1. The van der Waals surface area contributed by atoms with Crippen LogP contribution in [0.3, 0.4) is 0 Å². The Morgan fingerprint density at radius 3 is 2.67 bits per heavy atom. The Hall–Kier alpha value is -0.650. The number of thiazole rings is 1. The number of anilines is 1. The van der Waals surface area contributed by atoms with Crippen LogP contribution in [0.5, 0.6) is 0 Å². The molecule has 0 atom stereocenters. The van der Waals surface area contributed by atoms with Gasteiger partial charge in [0.25, 0.3) is 0 Å². The van der Waals surface area contributed by atoms with E-state index < -0.39 is 0 Å². The van der Waals surface area contributed by atoms with E-state index in [0.717, 1.165) is 37.4 Å². The minimum absolute atomic E-state index is 0.0875. The van der Waals surface area contributed by atoms with Gasteiger partial charge in [0.2, 0.25) is 0 Å². The molecule has 0 unspecified atom stereocenters. The third-order valence-corrected chi connectivity index (χ3v) is 4.85. The molecule has 0 radical (unpaired) electrons. The molecule has 5 heteroatoms. The highest BCUT2D eigenvalue weighted by atomic mass is 32.1. The summed E-state index contributed by atoms with van der Waals surface area (Å²) in [7, 11) is 4.09. The van der Waals surface area contributed by atoms with Crippen molar-refractivity contribution in [1.82, 2.24) is 10.3 Å². The summed E-state index contributed by atoms with van der Waals surface area (Å²) >= 11 is 1.79. The topological polar surface area (TPSA) is 37.4 Å². The predicted molar refractivity (Wildman–Crippen MR) is 90.4 cm³/mol. The molecule has 21 heavy (non-hydrogen) atoms. The molecule has 0 saturated heterocycles. The van der Waals surface area contributed by atoms with Gasteiger partial charge in [-0.2, -0.15) is 0 Å². The van der Waals surface area contributed by atoms with Crippen LogP contribution in [0.25, 0.3) is 0 Å². The van der Waals surface area contributed by atoms with Gasteiger partial charge < -0.3 is 15.0 Å². The maximum absolute atomic E-state index is 5.72. The SMILES string of the molecule is CNCc1sc(N(C)CCOCC2CC2)nc1C(C)(C)C. The lowest BCUT2D eigenvalue weighted by atomic mass is 9.91. The van der Waals surface area contributed by atoms with E-state index in [2.05, 4.69) is 38.0 Å². The molecule has 1 aromatic rings. The highest BCUT2D eigenvalue weighted by Gasteiger charge is 2.24. The van der Waals surface area contributed by atoms with Crippen molar-refractivity contribution in [2.45, 2.75) is 45.6 Å². The van der Waals surface area contributed by atoms with Gasteiger partial charge in [0.15, 0.2) is 5.13 Å². The molecule has 1 saturated carbocycles. The fourth-order valence-corrected chi connectivity index (χ4v) is 3.47. The monoisotopic (exact) mass is 311 g/mol. The van der Waals surface area contributed by atoms with Crippen LogP contribution in [0, 0.1) is 5.92 Å². The molecule has 1 aliphatic rings. The maximum atomic E-state index is 5.72. The first-order valence-electron chi connectivity index (χ1n) is 7.85. The number of ether oxygens (including phenoxy) is 1. The van der Waals surface area contributed by atoms with Crippen LogP contribution in [-0.2, 0) is 16.7 Å². The molecule has 1 heterocycles. The van der Waals surface area contributed by atoms with E-state index in [9.17, 15) is 0 Å². The van der Waals surface area contributed by atoms with Gasteiger partial charge in [0.05, 0.1) is 12.3 Å². The lowest BCUT2D eigenvalue weighted by molar-refractivity contribution is 0.131. The second kappa shape index (κ2) is 7.07. The average Bonchev–Trinajstić information content (AvgIpc) is 3.12. The Morgan fingerprint density at radius 1 is 1.38 bits per heavy atom. The molecular weight excluding hydrogens is 282 g/mol. The molecule has 2 rings (SSSR count). The van der Waals surface area contributed by atoms with Gasteiger partial charge in [-0.05, 0) is 25.8 Å². The number of hydrogen-bond donors (Lipinski definition) is 1. The van der Waals surface area contributed by atoms with E-state index in [4.69, 9.17) is 9.72 Å². The van der Waals surface area contributed by atoms with Crippen LogP contribution in [0.4, 0.5) is 5.13 Å². The minimum Gasteiger partial charge on any atom is -0.379 e. The van der Waals surface area contributed by atoms with Crippen LogP contribution in [0.1, 0.15) is 44.2 Å². The Bertz CT molecular complexity index is 449. The van der Waals surface area contributed by atoms with Gasteiger partial charge in [0.1, 0.15) is 0 Å². The summed E-state index contributed by atoms with van der Waals surface area (Å²) in [5.74, 6) is 0.838. The lowest BCUT2D eigenvalue weighted by Gasteiger charge is -2.18. The third-order valence-electron chi connectivity index (χ3n) is 3.68. The molecule has 0 amide bonds. The molecule has 120 valence electrons. The molecule has 1 N–H and O–H groups in total. The summed E-state index contributed by atoms with van der Waals surface area (Å²) in [5.41, 5.74) is 1.30. The third kappa shape index (κ3) is 4.94. The van der Waals surface area contributed by atoms with Crippen molar-refractivity contribution in [3.8, 4) is 0 Å². The van der Waals surface area contributed by atoms with Crippen molar-refractivity contribution in [2.75, 3.05) is 38.8 Å². The molecule has 1 aromatic heterocycles. The fourth-order valence-electron chi connectivity index (χ4n) is 2.20. The van der Waals surface area contributed by atoms with Gasteiger partial charge in [0, 0.05) is 37.0 Å². The largest absolute Gasteiger partial charge is 0.379 e. The summed E-state index contributed by atoms with van der Waals surface area (Å²) in [6.07, 6.45) is 2.70. The lowest BCUT2D eigenvalue weighted by Crippen LogP contribution is -2.23. The average molecular weight is 311 g/mol. The van der Waals surface area contributed by atoms with Crippen LogP contribution in [0.15, 0.2) is 0 Å². The van der Waals surface area contributed by atoms with E-state index in [1.807, 2.05) is 7.05 Å². The van der Waals surface area contributed by atoms with Crippen LogP contribution in [0.2, 0.25) is 0 Å². The van der Waals surface area contributed by atoms with Crippen molar-refractivity contribution < 1.29 is 4.74 Å². The summed E-state index contributed by atoms with van der Waals surface area (Å²) in [4.78, 5) is 8.43. The second-order valence-corrected chi connectivity index (χ2v) is 8.05. The highest BCUT2D eigenvalue weighted by molar-refractivity contribution is 7.15. The van der Waals surface area contributed by atoms with E-state index in [-0.39, 0.29) is 5.41 Å². The first-order chi connectivity index (χ1) is 9.91. The molecule has 1 fully saturated rings. The molecule has 0 aromatic carbocycles. The van der Waals surface area contributed by atoms with Gasteiger partial charge in [-0.15, -0.1) is 11.3 Å². The zero-order valence-electron chi connectivity index (χ0n) is 14.0. The normalized spacial score (nSPS) is 15.5.